The van der Waals surface area contributed by atoms with Gasteiger partial charge in [0.25, 0.3) is 0 Å². The van der Waals surface area contributed by atoms with Crippen LogP contribution < -0.4 is 5.32 Å². The van der Waals surface area contributed by atoms with Crippen LogP contribution in [0.5, 0.6) is 0 Å². The Morgan fingerprint density at radius 2 is 2.00 bits per heavy atom. The smallest absolute Gasteiger partial charge is 0.0321 e. The molecule has 82 valence electrons. The molecule has 1 unspecified atom stereocenters. The standard InChI is InChI=1S/C13H20N2/c1-11-4-3-5-13(10-11)12(2)15-8-6-14-7-9-15/h3-5,10,12,14H,6-9H2,1-2H3. The third-order valence-corrected chi connectivity index (χ3v) is 3.22. The number of nitrogens with one attached hydrogen (secondary N) is 1. The van der Waals surface area contributed by atoms with E-state index in [1.54, 1.807) is 0 Å². The molecule has 1 fully saturated rings. The summed E-state index contributed by atoms with van der Waals surface area (Å²) in [6.45, 7) is 9.03. The number of aryl methyl sites for hydroxylation is 1. The summed E-state index contributed by atoms with van der Waals surface area (Å²) in [6.07, 6.45) is 0. The van der Waals surface area contributed by atoms with Gasteiger partial charge < -0.3 is 5.32 Å². The average Bonchev–Trinajstić information content (AvgIpc) is 2.29. The van der Waals surface area contributed by atoms with E-state index < -0.39 is 0 Å². The van der Waals surface area contributed by atoms with Crippen molar-refractivity contribution in [1.29, 1.82) is 0 Å². The van der Waals surface area contributed by atoms with E-state index >= 15 is 0 Å². The highest BCUT2D eigenvalue weighted by atomic mass is 15.2. The van der Waals surface area contributed by atoms with Crippen molar-refractivity contribution in [2.24, 2.45) is 0 Å². The number of rotatable bonds is 2. The van der Waals surface area contributed by atoms with Crippen LogP contribution in [-0.2, 0) is 0 Å². The highest BCUT2D eigenvalue weighted by Crippen LogP contribution is 2.20. The number of hydrogen-bond donors (Lipinski definition) is 1. The van der Waals surface area contributed by atoms with Crippen molar-refractivity contribution in [3.05, 3.63) is 35.4 Å². The van der Waals surface area contributed by atoms with Gasteiger partial charge in [-0.15, -0.1) is 0 Å². The topological polar surface area (TPSA) is 15.3 Å². The average molecular weight is 204 g/mol. The van der Waals surface area contributed by atoms with Gasteiger partial charge in [0.15, 0.2) is 0 Å². The van der Waals surface area contributed by atoms with Crippen LogP contribution in [0.1, 0.15) is 24.1 Å². The van der Waals surface area contributed by atoms with Crippen molar-refractivity contribution in [3.63, 3.8) is 0 Å². The Balaban J connectivity index is 2.08. The molecule has 1 saturated heterocycles. The molecule has 2 heteroatoms. The molecule has 1 aliphatic rings. The molecule has 1 aromatic rings. The minimum absolute atomic E-state index is 0.548. The Hall–Kier alpha value is -0.860. The molecule has 0 aromatic heterocycles. The van der Waals surface area contributed by atoms with Gasteiger partial charge in [-0.05, 0) is 19.4 Å². The first-order valence-electron chi connectivity index (χ1n) is 5.79. The lowest BCUT2D eigenvalue weighted by molar-refractivity contribution is 0.185. The lowest BCUT2D eigenvalue weighted by Gasteiger charge is -2.33. The van der Waals surface area contributed by atoms with Crippen molar-refractivity contribution >= 4 is 0 Å². The maximum Gasteiger partial charge on any atom is 0.0321 e. The summed E-state index contributed by atoms with van der Waals surface area (Å²) in [5, 5.41) is 3.39. The monoisotopic (exact) mass is 204 g/mol. The van der Waals surface area contributed by atoms with Gasteiger partial charge in [-0.1, -0.05) is 29.8 Å². The first-order chi connectivity index (χ1) is 7.27. The predicted molar refractivity (Wildman–Crippen MR) is 64.0 cm³/mol. The van der Waals surface area contributed by atoms with Gasteiger partial charge in [0.05, 0.1) is 0 Å². The lowest BCUT2D eigenvalue weighted by atomic mass is 10.0. The highest BCUT2D eigenvalue weighted by molar-refractivity contribution is 5.24. The van der Waals surface area contributed by atoms with Crippen LogP contribution in [0.15, 0.2) is 24.3 Å². The van der Waals surface area contributed by atoms with Gasteiger partial charge in [-0.3, -0.25) is 4.90 Å². The molecule has 1 aromatic carbocycles. The molecule has 0 bridgehead atoms. The van der Waals surface area contributed by atoms with Gasteiger partial charge in [-0.25, -0.2) is 0 Å². The van der Waals surface area contributed by atoms with Crippen LogP contribution in [0.3, 0.4) is 0 Å². The molecule has 2 rings (SSSR count). The zero-order valence-corrected chi connectivity index (χ0v) is 9.66. The first-order valence-corrected chi connectivity index (χ1v) is 5.79. The van der Waals surface area contributed by atoms with Crippen molar-refractivity contribution in [2.75, 3.05) is 26.2 Å². The van der Waals surface area contributed by atoms with Crippen LogP contribution >= 0.6 is 0 Å². The third kappa shape index (κ3) is 2.58. The Kier molecular flexibility index (Phi) is 3.39. The molecule has 15 heavy (non-hydrogen) atoms. The predicted octanol–water partition coefficient (Wildman–Crippen LogP) is 1.96. The fourth-order valence-electron chi connectivity index (χ4n) is 2.21. The van der Waals surface area contributed by atoms with Crippen molar-refractivity contribution in [2.45, 2.75) is 19.9 Å². The van der Waals surface area contributed by atoms with E-state index in [1.807, 2.05) is 0 Å². The molecule has 0 amide bonds. The van der Waals surface area contributed by atoms with Crippen LogP contribution in [0.2, 0.25) is 0 Å². The van der Waals surface area contributed by atoms with E-state index in [2.05, 4.69) is 48.3 Å². The molecule has 1 N–H and O–H groups in total. The number of nitrogens with zero attached hydrogens (tertiary/aromatic N) is 1. The summed E-state index contributed by atoms with van der Waals surface area (Å²) >= 11 is 0. The fraction of sp³-hybridized carbons (Fsp3) is 0.538. The summed E-state index contributed by atoms with van der Waals surface area (Å²) in [4.78, 5) is 2.55. The molecule has 0 radical (unpaired) electrons. The van der Waals surface area contributed by atoms with E-state index in [0.717, 1.165) is 26.2 Å². The number of piperazine rings is 1. The van der Waals surface area contributed by atoms with Crippen LogP contribution in [0.25, 0.3) is 0 Å². The van der Waals surface area contributed by atoms with E-state index in [0.29, 0.717) is 6.04 Å². The van der Waals surface area contributed by atoms with Crippen LogP contribution in [0.4, 0.5) is 0 Å². The Morgan fingerprint density at radius 1 is 1.27 bits per heavy atom. The summed E-state index contributed by atoms with van der Waals surface area (Å²) in [7, 11) is 0. The van der Waals surface area contributed by atoms with Gasteiger partial charge in [0.2, 0.25) is 0 Å². The molecule has 1 atom stereocenters. The summed E-state index contributed by atoms with van der Waals surface area (Å²) < 4.78 is 0. The SMILES string of the molecule is Cc1cccc(C(C)N2CCNCC2)c1. The largest absolute Gasteiger partial charge is 0.314 e. The van der Waals surface area contributed by atoms with Gasteiger partial charge in [0.1, 0.15) is 0 Å². The van der Waals surface area contributed by atoms with Gasteiger partial charge in [0, 0.05) is 32.2 Å². The zero-order chi connectivity index (χ0) is 10.7. The van der Waals surface area contributed by atoms with E-state index in [1.165, 1.54) is 11.1 Å². The molecule has 0 saturated carbocycles. The third-order valence-electron chi connectivity index (χ3n) is 3.22. The minimum Gasteiger partial charge on any atom is -0.314 e. The molecular weight excluding hydrogens is 184 g/mol. The summed E-state index contributed by atoms with van der Waals surface area (Å²) in [5.74, 6) is 0. The van der Waals surface area contributed by atoms with E-state index in [-0.39, 0.29) is 0 Å². The molecular formula is C13H20N2. The highest BCUT2D eigenvalue weighted by Gasteiger charge is 2.17. The first kappa shape index (κ1) is 10.7. The zero-order valence-electron chi connectivity index (χ0n) is 9.66. The van der Waals surface area contributed by atoms with Crippen molar-refractivity contribution in [3.8, 4) is 0 Å². The molecule has 1 aliphatic heterocycles. The maximum absolute atomic E-state index is 3.39. The summed E-state index contributed by atoms with van der Waals surface area (Å²) in [6, 6.07) is 9.40. The quantitative estimate of drug-likeness (QED) is 0.792. The molecule has 2 nitrogen and oxygen atoms in total. The van der Waals surface area contributed by atoms with Crippen LogP contribution in [0, 0.1) is 6.92 Å². The molecule has 0 aliphatic carbocycles. The second-order valence-electron chi connectivity index (χ2n) is 4.38. The summed E-state index contributed by atoms with van der Waals surface area (Å²) in [5.41, 5.74) is 2.80. The Bertz CT molecular complexity index is 316. The Morgan fingerprint density at radius 3 is 2.67 bits per heavy atom. The normalized spacial score (nSPS) is 20.1. The van der Waals surface area contributed by atoms with E-state index in [9.17, 15) is 0 Å². The van der Waals surface area contributed by atoms with Crippen LogP contribution in [-0.4, -0.2) is 31.1 Å². The Labute approximate surface area is 92.3 Å². The van der Waals surface area contributed by atoms with Crippen molar-refractivity contribution in [1.82, 2.24) is 10.2 Å². The second-order valence-corrected chi connectivity index (χ2v) is 4.38. The second kappa shape index (κ2) is 4.77. The molecule has 1 heterocycles. The lowest BCUT2D eigenvalue weighted by Crippen LogP contribution is -2.44. The number of hydrogen-bond acceptors (Lipinski definition) is 2. The maximum atomic E-state index is 3.39. The van der Waals surface area contributed by atoms with Crippen molar-refractivity contribution < 1.29 is 0 Å². The molecule has 0 spiro atoms. The fourth-order valence-corrected chi connectivity index (χ4v) is 2.21. The number of benzene rings is 1. The van der Waals surface area contributed by atoms with Gasteiger partial charge >= 0.3 is 0 Å². The van der Waals surface area contributed by atoms with E-state index in [4.69, 9.17) is 0 Å². The minimum atomic E-state index is 0.548. The van der Waals surface area contributed by atoms with Gasteiger partial charge in [-0.2, -0.15) is 0 Å².